The summed E-state index contributed by atoms with van der Waals surface area (Å²) in [6.07, 6.45) is 4.56. The zero-order chi connectivity index (χ0) is 9.61. The van der Waals surface area contributed by atoms with E-state index < -0.39 is 0 Å². The van der Waals surface area contributed by atoms with Crippen LogP contribution < -0.4 is 0 Å². The van der Waals surface area contributed by atoms with Crippen molar-refractivity contribution in [3.8, 4) is 0 Å². The molecule has 12 heavy (non-hydrogen) atoms. The lowest BCUT2D eigenvalue weighted by atomic mass is 9.82. The van der Waals surface area contributed by atoms with Crippen molar-refractivity contribution in [3.63, 3.8) is 0 Å². The quantitative estimate of drug-likeness (QED) is 0.487. The smallest absolute Gasteiger partial charge is 0.0678 e. The van der Waals surface area contributed by atoms with E-state index in [1.807, 2.05) is 0 Å². The van der Waals surface area contributed by atoms with E-state index in [0.717, 1.165) is 6.42 Å². The van der Waals surface area contributed by atoms with E-state index in [1.165, 1.54) is 19.3 Å². The van der Waals surface area contributed by atoms with Crippen LogP contribution in [0.4, 0.5) is 0 Å². The highest BCUT2D eigenvalue weighted by Crippen LogP contribution is 2.28. The van der Waals surface area contributed by atoms with E-state index in [-0.39, 0.29) is 11.5 Å². The van der Waals surface area contributed by atoms with E-state index >= 15 is 0 Å². The predicted molar refractivity (Wildman–Crippen MR) is 57.8 cm³/mol. The van der Waals surface area contributed by atoms with Crippen LogP contribution in [0.3, 0.4) is 0 Å². The molecule has 0 spiro atoms. The Hall–Kier alpha value is 0.310. The molecular weight excluding hydrogens is 168 g/mol. The molecule has 0 aromatic rings. The molecule has 0 aliphatic carbocycles. The Kier molecular flexibility index (Phi) is 6.02. The molecule has 1 atom stereocenters. The lowest BCUT2D eigenvalue weighted by Crippen LogP contribution is -2.30. The molecule has 74 valence electrons. The van der Waals surface area contributed by atoms with Gasteiger partial charge in [-0.15, -0.1) is 0 Å². The maximum absolute atomic E-state index is 9.61. The van der Waals surface area contributed by atoms with E-state index in [0.29, 0.717) is 5.75 Å². The molecule has 1 nitrogen and oxygen atoms in total. The lowest BCUT2D eigenvalue weighted by molar-refractivity contribution is 0.0620. The van der Waals surface area contributed by atoms with Gasteiger partial charge in [0.05, 0.1) is 6.10 Å². The van der Waals surface area contributed by atoms with Crippen molar-refractivity contribution >= 4 is 12.6 Å². The summed E-state index contributed by atoms with van der Waals surface area (Å²) in [5, 5.41) is 9.61. The highest BCUT2D eigenvalue weighted by Gasteiger charge is 2.25. The number of thiol groups is 1. The van der Waals surface area contributed by atoms with Gasteiger partial charge in [0.1, 0.15) is 0 Å². The summed E-state index contributed by atoms with van der Waals surface area (Å²) < 4.78 is 0. The minimum absolute atomic E-state index is 0.0386. The first-order valence-electron chi connectivity index (χ1n) is 4.83. The van der Waals surface area contributed by atoms with Crippen LogP contribution >= 0.6 is 12.6 Å². The largest absolute Gasteiger partial charge is 0.392 e. The molecule has 0 amide bonds. The average Bonchev–Trinajstić information content (AvgIpc) is 2.03. The Morgan fingerprint density at radius 1 is 1.33 bits per heavy atom. The minimum Gasteiger partial charge on any atom is -0.392 e. The normalized spacial score (nSPS) is 14.8. The van der Waals surface area contributed by atoms with Gasteiger partial charge >= 0.3 is 0 Å². The van der Waals surface area contributed by atoms with Gasteiger partial charge < -0.3 is 5.11 Å². The van der Waals surface area contributed by atoms with E-state index in [4.69, 9.17) is 0 Å². The Morgan fingerprint density at radius 3 is 2.33 bits per heavy atom. The minimum atomic E-state index is -0.266. The summed E-state index contributed by atoms with van der Waals surface area (Å²) in [4.78, 5) is 0. The fourth-order valence-corrected chi connectivity index (χ4v) is 1.74. The molecule has 0 rings (SSSR count). The Morgan fingerprint density at radius 2 is 1.92 bits per heavy atom. The molecule has 0 saturated carbocycles. The van der Waals surface area contributed by atoms with Gasteiger partial charge in [0.15, 0.2) is 0 Å². The highest BCUT2D eigenvalue weighted by atomic mass is 32.1. The molecular formula is C10H22OS. The van der Waals surface area contributed by atoms with Gasteiger partial charge in [-0.2, -0.15) is 12.6 Å². The van der Waals surface area contributed by atoms with Gasteiger partial charge in [-0.25, -0.2) is 0 Å². The third-order valence-electron chi connectivity index (χ3n) is 2.50. The molecule has 0 aliphatic heterocycles. The number of aliphatic hydroxyl groups excluding tert-OH is 1. The topological polar surface area (TPSA) is 20.2 Å². The molecule has 0 heterocycles. The molecule has 2 heteroatoms. The average molecular weight is 190 g/mol. The second kappa shape index (κ2) is 5.87. The summed E-state index contributed by atoms with van der Waals surface area (Å²) in [6.45, 7) is 6.43. The van der Waals surface area contributed by atoms with Crippen LogP contribution in [0.2, 0.25) is 0 Å². The summed E-state index contributed by atoms with van der Waals surface area (Å²) in [5.74, 6) is 0.569. The zero-order valence-electron chi connectivity index (χ0n) is 8.51. The Balaban J connectivity index is 3.70. The maximum Gasteiger partial charge on any atom is 0.0678 e. The fourth-order valence-electron chi connectivity index (χ4n) is 1.24. The van der Waals surface area contributed by atoms with Crippen molar-refractivity contribution in [2.24, 2.45) is 5.41 Å². The van der Waals surface area contributed by atoms with Gasteiger partial charge in [0.2, 0.25) is 0 Å². The number of aliphatic hydroxyl groups is 1. The van der Waals surface area contributed by atoms with Gasteiger partial charge in [0, 0.05) is 5.75 Å². The fraction of sp³-hybridized carbons (Fsp3) is 1.00. The first kappa shape index (κ1) is 12.3. The maximum atomic E-state index is 9.61. The second-order valence-electron chi connectivity index (χ2n) is 4.14. The second-order valence-corrected chi connectivity index (χ2v) is 4.51. The van der Waals surface area contributed by atoms with Crippen molar-refractivity contribution in [2.75, 3.05) is 5.75 Å². The van der Waals surface area contributed by atoms with E-state index in [1.54, 1.807) is 0 Å². The van der Waals surface area contributed by atoms with Gasteiger partial charge in [-0.3, -0.25) is 0 Å². The van der Waals surface area contributed by atoms with Crippen LogP contribution in [-0.2, 0) is 0 Å². The van der Waals surface area contributed by atoms with E-state index in [2.05, 4.69) is 33.4 Å². The molecule has 0 saturated heterocycles. The zero-order valence-corrected chi connectivity index (χ0v) is 9.40. The Labute approximate surface area is 82.0 Å². The first-order chi connectivity index (χ1) is 5.54. The first-order valence-corrected chi connectivity index (χ1v) is 5.46. The van der Waals surface area contributed by atoms with Crippen LogP contribution in [-0.4, -0.2) is 17.0 Å². The number of hydrogen-bond donors (Lipinski definition) is 2. The SMILES string of the molecule is CCCCCC(C)(C)C(O)CS. The molecule has 0 fully saturated rings. The summed E-state index contributed by atoms with van der Waals surface area (Å²) in [7, 11) is 0. The molecule has 0 aliphatic rings. The molecule has 0 aromatic heterocycles. The van der Waals surface area contributed by atoms with Gasteiger partial charge in [-0.1, -0.05) is 40.0 Å². The van der Waals surface area contributed by atoms with Gasteiger partial charge in [-0.05, 0) is 11.8 Å². The third-order valence-corrected chi connectivity index (χ3v) is 2.85. The third kappa shape index (κ3) is 4.36. The van der Waals surface area contributed by atoms with Crippen LogP contribution in [0, 0.1) is 5.41 Å². The Bertz CT molecular complexity index is 112. The van der Waals surface area contributed by atoms with Crippen molar-refractivity contribution < 1.29 is 5.11 Å². The van der Waals surface area contributed by atoms with Crippen molar-refractivity contribution in [1.29, 1.82) is 0 Å². The highest BCUT2D eigenvalue weighted by molar-refractivity contribution is 7.80. The summed E-state index contributed by atoms with van der Waals surface area (Å²) in [5.41, 5.74) is 0.0386. The van der Waals surface area contributed by atoms with Crippen LogP contribution in [0.1, 0.15) is 46.5 Å². The van der Waals surface area contributed by atoms with Crippen LogP contribution in [0.15, 0.2) is 0 Å². The monoisotopic (exact) mass is 190 g/mol. The lowest BCUT2D eigenvalue weighted by Gasteiger charge is -2.29. The van der Waals surface area contributed by atoms with Crippen molar-refractivity contribution in [1.82, 2.24) is 0 Å². The molecule has 0 radical (unpaired) electrons. The van der Waals surface area contributed by atoms with Crippen molar-refractivity contribution in [3.05, 3.63) is 0 Å². The van der Waals surface area contributed by atoms with Crippen molar-refractivity contribution in [2.45, 2.75) is 52.6 Å². The molecule has 0 aromatic carbocycles. The predicted octanol–water partition coefficient (Wildman–Crippen LogP) is 2.88. The summed E-state index contributed by atoms with van der Waals surface area (Å²) in [6, 6.07) is 0. The number of hydrogen-bond acceptors (Lipinski definition) is 2. The molecule has 0 bridgehead atoms. The number of rotatable bonds is 6. The van der Waals surface area contributed by atoms with E-state index in [9.17, 15) is 5.11 Å². The standard InChI is InChI=1S/C10H22OS/c1-4-5-6-7-10(2,3)9(11)8-12/h9,11-12H,4-8H2,1-3H3. The number of unbranched alkanes of at least 4 members (excludes halogenated alkanes) is 2. The molecule has 1 unspecified atom stereocenters. The van der Waals surface area contributed by atoms with Gasteiger partial charge in [0.25, 0.3) is 0 Å². The van der Waals surface area contributed by atoms with Crippen LogP contribution in [0.25, 0.3) is 0 Å². The summed E-state index contributed by atoms with van der Waals surface area (Å²) >= 11 is 4.10. The van der Waals surface area contributed by atoms with Crippen LogP contribution in [0.5, 0.6) is 0 Å². The molecule has 1 N–H and O–H groups in total.